The largest absolute Gasteiger partial charge is 0.381 e. The number of nitrogens with one attached hydrogen (secondary N) is 1. The van der Waals surface area contributed by atoms with Crippen LogP contribution in [-0.2, 0) is 14.3 Å². The molecule has 1 aliphatic carbocycles. The molecule has 0 spiro atoms. The Balaban J connectivity index is 1.36. The molecule has 1 saturated carbocycles. The molecule has 1 atom stereocenters. The molecule has 1 N–H and O–H groups in total. The summed E-state index contributed by atoms with van der Waals surface area (Å²) in [6.07, 6.45) is 5.35. The van der Waals surface area contributed by atoms with Crippen LogP contribution >= 0.6 is 0 Å². The van der Waals surface area contributed by atoms with Crippen molar-refractivity contribution in [3.05, 3.63) is 0 Å². The Morgan fingerprint density at radius 1 is 1.19 bits per heavy atom. The first kappa shape index (κ1) is 15.3. The van der Waals surface area contributed by atoms with Gasteiger partial charge in [0.1, 0.15) is 0 Å². The monoisotopic (exact) mass is 296 g/mol. The Labute approximate surface area is 127 Å². The molecule has 2 aliphatic heterocycles. The number of rotatable bonds is 6. The fraction of sp³-hybridized carbons (Fsp3) is 0.938. The molecule has 0 aromatic rings. The molecular weight excluding hydrogens is 268 g/mol. The maximum Gasteiger partial charge on any atom is 0.220 e. The van der Waals surface area contributed by atoms with Gasteiger partial charge in [0.05, 0.1) is 13.2 Å². The van der Waals surface area contributed by atoms with Crippen LogP contribution in [0.15, 0.2) is 0 Å². The van der Waals surface area contributed by atoms with E-state index in [1.165, 1.54) is 12.8 Å². The second-order valence-electron chi connectivity index (χ2n) is 6.95. The first-order chi connectivity index (χ1) is 10.3. The van der Waals surface area contributed by atoms with Crippen molar-refractivity contribution in [2.24, 2.45) is 11.3 Å². The third kappa shape index (κ3) is 4.66. The van der Waals surface area contributed by atoms with Gasteiger partial charge >= 0.3 is 0 Å². The van der Waals surface area contributed by atoms with Crippen molar-refractivity contribution in [2.45, 2.75) is 32.1 Å². The van der Waals surface area contributed by atoms with Crippen LogP contribution in [0.5, 0.6) is 0 Å². The lowest BCUT2D eigenvalue weighted by molar-refractivity contribution is -0.123. The first-order valence-corrected chi connectivity index (χ1v) is 8.40. The van der Waals surface area contributed by atoms with Gasteiger partial charge in [-0.3, -0.25) is 9.69 Å². The summed E-state index contributed by atoms with van der Waals surface area (Å²) in [4.78, 5) is 14.6. The molecule has 5 nitrogen and oxygen atoms in total. The highest BCUT2D eigenvalue weighted by atomic mass is 16.5. The van der Waals surface area contributed by atoms with Gasteiger partial charge in [0, 0.05) is 51.2 Å². The molecule has 3 fully saturated rings. The topological polar surface area (TPSA) is 50.8 Å². The molecule has 21 heavy (non-hydrogen) atoms. The third-order valence-corrected chi connectivity index (χ3v) is 5.01. The van der Waals surface area contributed by atoms with Crippen molar-refractivity contribution in [2.75, 3.05) is 52.6 Å². The average molecular weight is 296 g/mol. The number of ether oxygens (including phenoxy) is 2. The number of hydrogen-bond donors (Lipinski definition) is 1. The Hall–Kier alpha value is -0.650. The van der Waals surface area contributed by atoms with Crippen LogP contribution in [0.4, 0.5) is 0 Å². The van der Waals surface area contributed by atoms with Gasteiger partial charge in [0.2, 0.25) is 5.91 Å². The lowest BCUT2D eigenvalue weighted by Gasteiger charge is -2.30. The minimum absolute atomic E-state index is 0.207. The molecule has 120 valence electrons. The van der Waals surface area contributed by atoms with Crippen LogP contribution in [0.1, 0.15) is 32.1 Å². The quantitative estimate of drug-likeness (QED) is 0.795. The SMILES string of the molecule is O=C(C[C@H]1CCCOC1)NCC1(CN2CCOCC2)CC1. The third-order valence-electron chi connectivity index (χ3n) is 5.01. The number of hydrogen-bond acceptors (Lipinski definition) is 4. The second-order valence-corrected chi connectivity index (χ2v) is 6.95. The molecule has 0 unspecified atom stereocenters. The van der Waals surface area contributed by atoms with Crippen molar-refractivity contribution in [1.29, 1.82) is 0 Å². The van der Waals surface area contributed by atoms with Crippen molar-refractivity contribution in [3.8, 4) is 0 Å². The fourth-order valence-electron chi connectivity index (χ4n) is 3.39. The summed E-state index contributed by atoms with van der Waals surface area (Å²) < 4.78 is 10.8. The minimum atomic E-state index is 0.207. The average Bonchev–Trinajstić information content (AvgIpc) is 3.27. The zero-order chi connectivity index (χ0) is 14.5. The van der Waals surface area contributed by atoms with Gasteiger partial charge in [0.15, 0.2) is 0 Å². The number of carbonyl (C=O) groups is 1. The number of carbonyl (C=O) groups excluding carboxylic acids is 1. The van der Waals surface area contributed by atoms with Crippen molar-refractivity contribution < 1.29 is 14.3 Å². The van der Waals surface area contributed by atoms with Crippen molar-refractivity contribution >= 4 is 5.91 Å². The van der Waals surface area contributed by atoms with Gasteiger partial charge in [-0.2, -0.15) is 0 Å². The summed E-state index contributed by atoms with van der Waals surface area (Å²) in [5.74, 6) is 0.631. The predicted molar refractivity (Wildman–Crippen MR) is 80.1 cm³/mol. The summed E-state index contributed by atoms with van der Waals surface area (Å²) in [6.45, 7) is 7.35. The Kier molecular flexibility index (Phi) is 5.14. The fourth-order valence-corrected chi connectivity index (χ4v) is 3.39. The Bertz CT molecular complexity index is 345. The van der Waals surface area contributed by atoms with Crippen LogP contribution in [0.3, 0.4) is 0 Å². The molecule has 2 heterocycles. The summed E-state index contributed by atoms with van der Waals surface area (Å²) in [5.41, 5.74) is 0.343. The summed E-state index contributed by atoms with van der Waals surface area (Å²) in [6, 6.07) is 0. The summed E-state index contributed by atoms with van der Waals surface area (Å²) >= 11 is 0. The van der Waals surface area contributed by atoms with Crippen LogP contribution in [0, 0.1) is 11.3 Å². The van der Waals surface area contributed by atoms with E-state index in [1.807, 2.05) is 0 Å². The van der Waals surface area contributed by atoms with Crippen LogP contribution in [-0.4, -0.2) is 63.4 Å². The molecule has 3 aliphatic rings. The molecule has 3 rings (SSSR count). The van der Waals surface area contributed by atoms with Gasteiger partial charge in [-0.05, 0) is 31.6 Å². The normalized spacial score (nSPS) is 29.0. The molecule has 0 radical (unpaired) electrons. The van der Waals surface area contributed by atoms with E-state index in [1.54, 1.807) is 0 Å². The zero-order valence-electron chi connectivity index (χ0n) is 12.9. The Morgan fingerprint density at radius 3 is 2.67 bits per heavy atom. The number of amides is 1. The maximum atomic E-state index is 12.1. The van der Waals surface area contributed by atoms with E-state index >= 15 is 0 Å². The highest BCUT2D eigenvalue weighted by Gasteiger charge is 2.44. The maximum absolute atomic E-state index is 12.1. The van der Waals surface area contributed by atoms with Crippen LogP contribution in [0.2, 0.25) is 0 Å². The molecule has 0 aromatic heterocycles. The van der Waals surface area contributed by atoms with Crippen LogP contribution in [0.25, 0.3) is 0 Å². The van der Waals surface area contributed by atoms with E-state index < -0.39 is 0 Å². The highest BCUT2D eigenvalue weighted by molar-refractivity contribution is 5.76. The molecule has 2 saturated heterocycles. The Morgan fingerprint density at radius 2 is 2.00 bits per heavy atom. The van der Waals surface area contributed by atoms with Crippen LogP contribution < -0.4 is 5.32 Å². The van der Waals surface area contributed by atoms with E-state index in [0.29, 0.717) is 17.8 Å². The van der Waals surface area contributed by atoms with Gasteiger partial charge in [-0.25, -0.2) is 0 Å². The molecule has 0 bridgehead atoms. The molecule has 1 amide bonds. The summed E-state index contributed by atoms with van der Waals surface area (Å²) in [5, 5.41) is 3.17. The van der Waals surface area contributed by atoms with E-state index in [2.05, 4.69) is 10.2 Å². The van der Waals surface area contributed by atoms with Gasteiger partial charge in [0.25, 0.3) is 0 Å². The van der Waals surface area contributed by atoms with Crippen molar-refractivity contribution in [3.63, 3.8) is 0 Å². The van der Waals surface area contributed by atoms with Gasteiger partial charge < -0.3 is 14.8 Å². The lowest BCUT2D eigenvalue weighted by atomic mass is 9.98. The summed E-state index contributed by atoms with van der Waals surface area (Å²) in [7, 11) is 0. The van der Waals surface area contributed by atoms with E-state index in [4.69, 9.17) is 9.47 Å². The molecule has 0 aromatic carbocycles. The second kappa shape index (κ2) is 7.07. The number of morpholine rings is 1. The van der Waals surface area contributed by atoms with Crippen molar-refractivity contribution in [1.82, 2.24) is 10.2 Å². The minimum Gasteiger partial charge on any atom is -0.381 e. The highest BCUT2D eigenvalue weighted by Crippen LogP contribution is 2.45. The van der Waals surface area contributed by atoms with Gasteiger partial charge in [-0.1, -0.05) is 0 Å². The van der Waals surface area contributed by atoms with E-state index in [-0.39, 0.29) is 5.91 Å². The smallest absolute Gasteiger partial charge is 0.220 e. The number of nitrogens with zero attached hydrogens (tertiary/aromatic N) is 1. The first-order valence-electron chi connectivity index (χ1n) is 8.40. The zero-order valence-corrected chi connectivity index (χ0v) is 12.9. The molecular formula is C16H28N2O3. The van der Waals surface area contributed by atoms with E-state index in [9.17, 15) is 4.79 Å². The predicted octanol–water partition coefficient (Wildman–Crippen LogP) is 1.03. The molecule has 5 heteroatoms. The standard InChI is InChI=1S/C16H28N2O3/c19-15(10-14-2-1-7-21-11-14)17-12-16(3-4-16)13-18-5-8-20-9-6-18/h14H,1-13H2,(H,17,19)/t14-/m1/s1. The van der Waals surface area contributed by atoms with Gasteiger partial charge in [-0.15, -0.1) is 0 Å². The van der Waals surface area contributed by atoms with E-state index in [0.717, 1.165) is 65.4 Å². The lowest BCUT2D eigenvalue weighted by Crippen LogP contribution is -2.43.